The quantitative estimate of drug-likeness (QED) is 0.642. The first kappa shape index (κ1) is 19.2. The van der Waals surface area contributed by atoms with Gasteiger partial charge in [-0.05, 0) is 48.6 Å². The number of hydrogen-bond acceptors (Lipinski definition) is 3. The molecule has 0 bridgehead atoms. The van der Waals surface area contributed by atoms with Gasteiger partial charge in [-0.15, -0.1) is 0 Å². The molecule has 0 aliphatic carbocycles. The number of amides is 1. The van der Waals surface area contributed by atoms with Gasteiger partial charge in [0.05, 0.1) is 5.52 Å². The van der Waals surface area contributed by atoms with Crippen LogP contribution >= 0.6 is 0 Å². The number of hydrogen-bond donors (Lipinski definition) is 0. The van der Waals surface area contributed by atoms with Crippen molar-refractivity contribution in [3.8, 4) is 0 Å². The number of para-hydroxylation sites is 1. The minimum Gasteiger partial charge on any atom is -0.334 e. The molecule has 154 valence electrons. The van der Waals surface area contributed by atoms with Gasteiger partial charge in [0.2, 0.25) is 5.91 Å². The smallest absolute Gasteiger partial charge is 0.223 e. The summed E-state index contributed by atoms with van der Waals surface area (Å²) in [5.41, 5.74) is 3.30. The van der Waals surface area contributed by atoms with E-state index in [2.05, 4.69) is 34.1 Å². The number of benzene rings is 2. The summed E-state index contributed by atoms with van der Waals surface area (Å²) in [5.74, 6) is -0.0185. The van der Waals surface area contributed by atoms with Crippen molar-refractivity contribution in [2.45, 2.75) is 50.9 Å². The first-order valence-corrected chi connectivity index (χ1v) is 10.8. The summed E-state index contributed by atoms with van der Waals surface area (Å²) in [4.78, 5) is 22.1. The Balaban J connectivity index is 1.38. The number of halogens is 1. The Bertz CT molecular complexity index is 1050. The van der Waals surface area contributed by atoms with Crippen LogP contribution in [0.15, 0.2) is 60.8 Å². The Morgan fingerprint density at radius 2 is 1.80 bits per heavy atom. The van der Waals surface area contributed by atoms with Crippen LogP contribution in [0, 0.1) is 5.82 Å². The maximum atomic E-state index is 13.3. The first-order chi connectivity index (χ1) is 14.7. The van der Waals surface area contributed by atoms with E-state index < -0.39 is 0 Å². The number of carbonyl (C=O) groups is 1. The van der Waals surface area contributed by atoms with Gasteiger partial charge >= 0.3 is 0 Å². The van der Waals surface area contributed by atoms with Crippen LogP contribution in [0.4, 0.5) is 4.39 Å². The molecule has 0 spiro atoms. The molecule has 30 heavy (non-hydrogen) atoms. The van der Waals surface area contributed by atoms with Crippen molar-refractivity contribution in [3.63, 3.8) is 0 Å². The summed E-state index contributed by atoms with van der Waals surface area (Å²) < 4.78 is 13.3. The molecule has 0 unspecified atom stereocenters. The van der Waals surface area contributed by atoms with E-state index in [-0.39, 0.29) is 17.8 Å². The van der Waals surface area contributed by atoms with E-state index >= 15 is 0 Å². The molecule has 2 aliphatic rings. The topological polar surface area (TPSA) is 36.4 Å². The number of fused-ring (bicyclic) bond motifs is 2. The van der Waals surface area contributed by atoms with E-state index in [1.807, 2.05) is 17.2 Å². The number of pyridine rings is 1. The molecule has 2 aliphatic heterocycles. The van der Waals surface area contributed by atoms with E-state index in [1.165, 1.54) is 23.1 Å². The van der Waals surface area contributed by atoms with Crippen LogP contribution in [0.25, 0.3) is 10.9 Å². The molecular weight excluding hydrogens is 377 g/mol. The molecule has 0 N–H and O–H groups in total. The second-order valence-corrected chi connectivity index (χ2v) is 8.43. The fraction of sp³-hybridized carbons (Fsp3) is 0.360. The molecule has 1 aromatic heterocycles. The third-order valence-electron chi connectivity index (χ3n) is 6.59. The molecule has 0 saturated carbocycles. The predicted octanol–water partition coefficient (Wildman–Crippen LogP) is 4.53. The Hall–Kier alpha value is -2.79. The third kappa shape index (κ3) is 3.70. The highest BCUT2D eigenvalue weighted by atomic mass is 19.1. The van der Waals surface area contributed by atoms with Crippen LogP contribution in [0.2, 0.25) is 0 Å². The zero-order valence-electron chi connectivity index (χ0n) is 17.0. The Kier molecular flexibility index (Phi) is 5.21. The van der Waals surface area contributed by atoms with Crippen LogP contribution in [0.1, 0.15) is 36.8 Å². The van der Waals surface area contributed by atoms with E-state index in [0.717, 1.165) is 43.4 Å². The fourth-order valence-corrected chi connectivity index (χ4v) is 5.13. The van der Waals surface area contributed by atoms with Gasteiger partial charge in [0.1, 0.15) is 5.82 Å². The average molecular weight is 404 g/mol. The highest BCUT2D eigenvalue weighted by Gasteiger charge is 2.41. The van der Waals surface area contributed by atoms with Crippen LogP contribution < -0.4 is 0 Å². The van der Waals surface area contributed by atoms with Crippen molar-refractivity contribution < 1.29 is 9.18 Å². The van der Waals surface area contributed by atoms with Gasteiger partial charge in [0.25, 0.3) is 0 Å². The van der Waals surface area contributed by atoms with Gasteiger partial charge in [-0.3, -0.25) is 14.7 Å². The molecule has 0 radical (unpaired) electrons. The Labute approximate surface area is 176 Å². The van der Waals surface area contributed by atoms with Crippen LogP contribution in [0.3, 0.4) is 0 Å². The monoisotopic (exact) mass is 403 g/mol. The normalized spacial score (nSPS) is 22.3. The molecule has 3 aromatic rings. The van der Waals surface area contributed by atoms with Gasteiger partial charge in [-0.2, -0.15) is 0 Å². The van der Waals surface area contributed by atoms with E-state index in [0.29, 0.717) is 19.0 Å². The van der Waals surface area contributed by atoms with E-state index in [9.17, 15) is 9.18 Å². The number of rotatable bonds is 4. The number of likely N-dealkylation sites (tertiary alicyclic amines) is 2. The number of aromatic nitrogens is 1. The van der Waals surface area contributed by atoms with Gasteiger partial charge in [-0.25, -0.2) is 4.39 Å². The Morgan fingerprint density at radius 1 is 0.967 bits per heavy atom. The standard InChI is InChI=1S/C25H26FN3O/c26-21-11-9-18(10-12-21)16-29-23-13-15-28(22(23)7-2-8-24(29)30)17-20-5-1-4-19-6-3-14-27-25(19)20/h1,3-6,9-12,14,22-23H,2,7-8,13,15-17H2/t22-,23-/m1/s1. The lowest BCUT2D eigenvalue weighted by molar-refractivity contribution is -0.133. The molecule has 5 heteroatoms. The predicted molar refractivity (Wildman–Crippen MR) is 115 cm³/mol. The summed E-state index contributed by atoms with van der Waals surface area (Å²) in [7, 11) is 0. The van der Waals surface area contributed by atoms with Crippen molar-refractivity contribution in [1.82, 2.24) is 14.8 Å². The minimum absolute atomic E-state index is 0.216. The van der Waals surface area contributed by atoms with Gasteiger partial charge in [-0.1, -0.05) is 36.4 Å². The number of carbonyl (C=O) groups excluding carboxylic acids is 1. The van der Waals surface area contributed by atoms with Crippen molar-refractivity contribution in [3.05, 3.63) is 77.7 Å². The van der Waals surface area contributed by atoms with E-state index in [1.54, 1.807) is 12.1 Å². The maximum absolute atomic E-state index is 13.3. The highest BCUT2D eigenvalue weighted by Crippen LogP contribution is 2.33. The number of nitrogens with zero attached hydrogens (tertiary/aromatic N) is 3. The van der Waals surface area contributed by atoms with Crippen LogP contribution in [-0.2, 0) is 17.9 Å². The van der Waals surface area contributed by atoms with E-state index in [4.69, 9.17) is 0 Å². The second kappa shape index (κ2) is 8.15. The van der Waals surface area contributed by atoms with Crippen molar-refractivity contribution in [2.24, 2.45) is 0 Å². The molecule has 2 aromatic carbocycles. The molecule has 5 rings (SSSR count). The SMILES string of the molecule is O=C1CCC[C@@H]2[C@@H](CCN2Cc2cccc3cccnc23)N1Cc1ccc(F)cc1. The molecule has 1 amide bonds. The molecule has 2 saturated heterocycles. The summed E-state index contributed by atoms with van der Waals surface area (Å²) in [6.07, 6.45) is 5.39. The lowest BCUT2D eigenvalue weighted by Crippen LogP contribution is -2.45. The molecule has 4 nitrogen and oxygen atoms in total. The third-order valence-corrected chi connectivity index (χ3v) is 6.59. The lowest BCUT2D eigenvalue weighted by Gasteiger charge is -2.33. The minimum atomic E-state index is -0.241. The lowest BCUT2D eigenvalue weighted by atomic mass is 10.0. The molecular formula is C25H26FN3O. The molecule has 3 heterocycles. The summed E-state index contributed by atoms with van der Waals surface area (Å²) in [6, 6.07) is 17.6. The van der Waals surface area contributed by atoms with Gasteiger partial charge in [0.15, 0.2) is 0 Å². The molecule has 2 atom stereocenters. The van der Waals surface area contributed by atoms with Gasteiger partial charge in [0, 0.05) is 49.7 Å². The summed E-state index contributed by atoms with van der Waals surface area (Å²) >= 11 is 0. The van der Waals surface area contributed by atoms with Crippen molar-refractivity contribution in [2.75, 3.05) is 6.54 Å². The highest BCUT2D eigenvalue weighted by molar-refractivity contribution is 5.81. The zero-order valence-corrected chi connectivity index (χ0v) is 17.0. The zero-order chi connectivity index (χ0) is 20.5. The average Bonchev–Trinajstić information content (AvgIpc) is 3.08. The first-order valence-electron chi connectivity index (χ1n) is 10.8. The summed E-state index contributed by atoms with van der Waals surface area (Å²) in [5, 5.41) is 1.17. The summed E-state index contributed by atoms with van der Waals surface area (Å²) in [6.45, 7) is 2.39. The maximum Gasteiger partial charge on any atom is 0.223 e. The second-order valence-electron chi connectivity index (χ2n) is 8.43. The van der Waals surface area contributed by atoms with Gasteiger partial charge < -0.3 is 4.90 Å². The van der Waals surface area contributed by atoms with Crippen LogP contribution in [-0.4, -0.2) is 39.3 Å². The fourth-order valence-electron chi connectivity index (χ4n) is 5.13. The Morgan fingerprint density at radius 3 is 2.67 bits per heavy atom. The molecule has 2 fully saturated rings. The van der Waals surface area contributed by atoms with Crippen molar-refractivity contribution in [1.29, 1.82) is 0 Å². The largest absolute Gasteiger partial charge is 0.334 e. The van der Waals surface area contributed by atoms with Crippen LogP contribution in [0.5, 0.6) is 0 Å². The van der Waals surface area contributed by atoms with Crippen molar-refractivity contribution >= 4 is 16.8 Å².